The minimum atomic E-state index is -0.700. The molecule has 0 aromatic heterocycles. The van der Waals surface area contributed by atoms with Crippen LogP contribution in [0.3, 0.4) is 0 Å². The van der Waals surface area contributed by atoms with Crippen molar-refractivity contribution in [2.24, 2.45) is 0 Å². The van der Waals surface area contributed by atoms with Crippen LogP contribution in [-0.2, 0) is 16.2 Å². The monoisotopic (exact) mass is 484 g/mol. The van der Waals surface area contributed by atoms with E-state index in [0.717, 1.165) is 23.2 Å². The quantitative estimate of drug-likeness (QED) is 0.264. The van der Waals surface area contributed by atoms with Crippen molar-refractivity contribution in [3.8, 4) is 5.75 Å². The van der Waals surface area contributed by atoms with Gasteiger partial charge in [0.25, 0.3) is 11.7 Å². The zero-order chi connectivity index (χ0) is 25.7. The first-order valence-corrected chi connectivity index (χ1v) is 12.1. The highest BCUT2D eigenvalue weighted by molar-refractivity contribution is 6.46. The predicted molar refractivity (Wildman–Crippen MR) is 141 cm³/mol. The molecule has 6 heteroatoms. The standard InChI is InChI=1S/C30H32N2O4/c1-21-13-15-23(16-14-21)28(33)26-27(32(30(35)29(26)34)18-8-17-31(2)3)24-11-7-12-25(19-24)36-20-22-9-5-4-6-10-22/h4-7,9-16,19,27,33H,8,17-18,20H2,1-3H3/b28-26+. The number of aliphatic hydroxyl groups is 1. The van der Waals surface area contributed by atoms with Gasteiger partial charge in [-0.3, -0.25) is 9.59 Å². The van der Waals surface area contributed by atoms with E-state index in [1.807, 2.05) is 92.6 Å². The van der Waals surface area contributed by atoms with Crippen molar-refractivity contribution < 1.29 is 19.4 Å². The van der Waals surface area contributed by atoms with Gasteiger partial charge >= 0.3 is 0 Å². The number of likely N-dealkylation sites (tertiary alicyclic amines) is 1. The van der Waals surface area contributed by atoms with E-state index in [2.05, 4.69) is 0 Å². The Labute approximate surface area is 212 Å². The molecule has 1 atom stereocenters. The summed E-state index contributed by atoms with van der Waals surface area (Å²) < 4.78 is 6.01. The molecule has 1 fully saturated rings. The smallest absolute Gasteiger partial charge is 0.295 e. The summed E-state index contributed by atoms with van der Waals surface area (Å²) in [5.41, 5.74) is 3.41. The average Bonchev–Trinajstić information content (AvgIpc) is 3.13. The van der Waals surface area contributed by atoms with Crippen molar-refractivity contribution in [3.05, 3.63) is 107 Å². The first-order valence-electron chi connectivity index (χ1n) is 12.1. The van der Waals surface area contributed by atoms with Crippen LogP contribution < -0.4 is 4.74 Å². The number of aliphatic hydroxyl groups excluding tert-OH is 1. The first-order chi connectivity index (χ1) is 17.3. The lowest BCUT2D eigenvalue weighted by Gasteiger charge is -2.26. The summed E-state index contributed by atoms with van der Waals surface area (Å²) in [6.07, 6.45) is 0.700. The lowest BCUT2D eigenvalue weighted by molar-refractivity contribution is -0.139. The van der Waals surface area contributed by atoms with Gasteiger partial charge in [0.1, 0.15) is 18.1 Å². The lowest BCUT2D eigenvalue weighted by atomic mass is 9.95. The number of carbonyl (C=O) groups excluding carboxylic acids is 2. The highest BCUT2D eigenvalue weighted by atomic mass is 16.5. The first kappa shape index (κ1) is 25.2. The van der Waals surface area contributed by atoms with Gasteiger partial charge in [0.2, 0.25) is 0 Å². The van der Waals surface area contributed by atoms with Gasteiger partial charge in [-0.1, -0.05) is 72.3 Å². The number of amides is 1. The SMILES string of the molecule is Cc1ccc(/C(O)=C2\C(=O)C(=O)N(CCCN(C)C)C2c2cccc(OCc3ccccc3)c2)cc1. The van der Waals surface area contributed by atoms with Crippen molar-refractivity contribution in [1.82, 2.24) is 9.80 Å². The van der Waals surface area contributed by atoms with Crippen LogP contribution in [0.15, 0.2) is 84.4 Å². The number of ether oxygens (including phenoxy) is 1. The molecule has 0 aliphatic carbocycles. The van der Waals surface area contributed by atoms with Gasteiger partial charge in [0, 0.05) is 12.1 Å². The van der Waals surface area contributed by atoms with E-state index in [-0.39, 0.29) is 11.3 Å². The number of ketones is 1. The molecule has 1 unspecified atom stereocenters. The maximum absolute atomic E-state index is 13.2. The molecule has 1 N–H and O–H groups in total. The second kappa shape index (κ2) is 11.2. The topological polar surface area (TPSA) is 70.1 Å². The Bertz CT molecular complexity index is 1250. The second-order valence-electron chi connectivity index (χ2n) is 9.36. The number of Topliss-reactive ketones (excluding diaryl/α,β-unsaturated/α-hetero) is 1. The highest BCUT2D eigenvalue weighted by Gasteiger charge is 2.45. The van der Waals surface area contributed by atoms with Crippen LogP contribution in [-0.4, -0.2) is 53.8 Å². The zero-order valence-electron chi connectivity index (χ0n) is 21.0. The molecular weight excluding hydrogens is 452 g/mol. The Morgan fingerprint density at radius 3 is 2.39 bits per heavy atom. The fourth-order valence-corrected chi connectivity index (χ4v) is 4.40. The van der Waals surface area contributed by atoms with Crippen LogP contribution in [0, 0.1) is 6.92 Å². The molecule has 186 valence electrons. The van der Waals surface area contributed by atoms with Gasteiger partial charge < -0.3 is 19.6 Å². The second-order valence-corrected chi connectivity index (χ2v) is 9.36. The van der Waals surface area contributed by atoms with E-state index < -0.39 is 17.7 Å². The summed E-state index contributed by atoms with van der Waals surface area (Å²) >= 11 is 0. The largest absolute Gasteiger partial charge is 0.507 e. The molecule has 1 saturated heterocycles. The van der Waals surface area contributed by atoms with Gasteiger partial charge in [-0.2, -0.15) is 0 Å². The molecule has 1 heterocycles. The fraction of sp³-hybridized carbons (Fsp3) is 0.267. The normalized spacial score (nSPS) is 17.1. The van der Waals surface area contributed by atoms with Crippen LogP contribution in [0.25, 0.3) is 5.76 Å². The molecule has 3 aromatic rings. The number of benzene rings is 3. The van der Waals surface area contributed by atoms with Crippen LogP contribution in [0.1, 0.15) is 34.7 Å². The molecule has 1 aliphatic heterocycles. The summed E-state index contributed by atoms with van der Waals surface area (Å²) in [4.78, 5) is 30.0. The number of aryl methyl sites for hydroxylation is 1. The predicted octanol–water partition coefficient (Wildman–Crippen LogP) is 4.95. The third-order valence-corrected chi connectivity index (χ3v) is 6.29. The van der Waals surface area contributed by atoms with Gasteiger partial charge in [0.15, 0.2) is 0 Å². The van der Waals surface area contributed by atoms with E-state index in [0.29, 0.717) is 30.9 Å². The van der Waals surface area contributed by atoms with Gasteiger partial charge in [-0.15, -0.1) is 0 Å². The minimum absolute atomic E-state index is 0.105. The molecule has 3 aromatic carbocycles. The van der Waals surface area contributed by atoms with Crippen molar-refractivity contribution in [2.45, 2.75) is 26.0 Å². The Balaban J connectivity index is 1.71. The molecule has 0 saturated carbocycles. The van der Waals surface area contributed by atoms with Crippen LogP contribution in [0.5, 0.6) is 5.75 Å². The summed E-state index contributed by atoms with van der Waals surface area (Å²) in [5.74, 6) is -0.795. The van der Waals surface area contributed by atoms with Crippen LogP contribution in [0.2, 0.25) is 0 Å². The Morgan fingerprint density at radius 2 is 1.69 bits per heavy atom. The van der Waals surface area contributed by atoms with Crippen molar-refractivity contribution in [3.63, 3.8) is 0 Å². The molecule has 4 rings (SSSR count). The van der Waals surface area contributed by atoms with E-state index in [1.165, 1.54) is 0 Å². The number of hydrogen-bond donors (Lipinski definition) is 1. The minimum Gasteiger partial charge on any atom is -0.507 e. The number of rotatable bonds is 9. The fourth-order valence-electron chi connectivity index (χ4n) is 4.40. The average molecular weight is 485 g/mol. The lowest BCUT2D eigenvalue weighted by Crippen LogP contribution is -2.32. The van der Waals surface area contributed by atoms with E-state index in [4.69, 9.17) is 4.74 Å². The molecule has 1 aliphatic rings. The molecule has 1 amide bonds. The number of carbonyl (C=O) groups is 2. The molecule has 6 nitrogen and oxygen atoms in total. The molecule has 0 bridgehead atoms. The summed E-state index contributed by atoms with van der Waals surface area (Å²) in [6.45, 7) is 3.52. The van der Waals surface area contributed by atoms with Gasteiger partial charge in [0.05, 0.1) is 11.6 Å². The summed E-state index contributed by atoms with van der Waals surface area (Å²) in [6, 6.07) is 23.8. The van der Waals surface area contributed by atoms with Gasteiger partial charge in [-0.25, -0.2) is 0 Å². The van der Waals surface area contributed by atoms with Crippen molar-refractivity contribution >= 4 is 17.4 Å². The van der Waals surface area contributed by atoms with E-state index >= 15 is 0 Å². The maximum Gasteiger partial charge on any atom is 0.295 e. The Morgan fingerprint density at radius 1 is 0.972 bits per heavy atom. The third-order valence-electron chi connectivity index (χ3n) is 6.29. The van der Waals surface area contributed by atoms with E-state index in [9.17, 15) is 14.7 Å². The van der Waals surface area contributed by atoms with Gasteiger partial charge in [-0.05, 0) is 57.2 Å². The van der Waals surface area contributed by atoms with Crippen LogP contribution >= 0.6 is 0 Å². The van der Waals surface area contributed by atoms with Crippen molar-refractivity contribution in [2.75, 3.05) is 27.2 Å². The number of hydrogen-bond acceptors (Lipinski definition) is 5. The van der Waals surface area contributed by atoms with Crippen molar-refractivity contribution in [1.29, 1.82) is 0 Å². The van der Waals surface area contributed by atoms with Crippen LogP contribution in [0.4, 0.5) is 0 Å². The molecular formula is C30H32N2O4. The molecule has 0 spiro atoms. The Hall–Kier alpha value is -3.90. The summed E-state index contributed by atoms with van der Waals surface area (Å²) in [5, 5.41) is 11.2. The summed E-state index contributed by atoms with van der Waals surface area (Å²) in [7, 11) is 3.94. The Kier molecular flexibility index (Phi) is 7.86. The molecule has 0 radical (unpaired) electrons. The number of nitrogens with zero attached hydrogens (tertiary/aromatic N) is 2. The molecule has 36 heavy (non-hydrogen) atoms. The van der Waals surface area contributed by atoms with E-state index in [1.54, 1.807) is 17.0 Å². The zero-order valence-corrected chi connectivity index (χ0v) is 21.0. The highest BCUT2D eigenvalue weighted by Crippen LogP contribution is 2.40. The third kappa shape index (κ3) is 5.66. The maximum atomic E-state index is 13.2.